The Morgan fingerprint density at radius 2 is 1.88 bits per heavy atom. The second-order valence-corrected chi connectivity index (χ2v) is 4.78. The molecule has 0 spiro atoms. The topological polar surface area (TPSA) is 89.6 Å². The van der Waals surface area contributed by atoms with Crippen molar-refractivity contribution < 1.29 is 19.4 Å². The average molecular weight is 231 g/mol. The van der Waals surface area contributed by atoms with Crippen LogP contribution in [0.5, 0.6) is 0 Å². The molecular formula is C11H21NO4. The first kappa shape index (κ1) is 14.9. The van der Waals surface area contributed by atoms with Gasteiger partial charge in [0.1, 0.15) is 11.7 Å². The maximum atomic E-state index is 11.7. The fraction of sp³-hybridized carbons (Fsp3) is 0.818. The molecule has 0 saturated carbocycles. The molecule has 5 nitrogen and oxygen atoms in total. The highest BCUT2D eigenvalue weighted by Crippen LogP contribution is 2.18. The molecule has 0 aromatic carbocycles. The second kappa shape index (κ2) is 5.84. The minimum Gasteiger partial charge on any atom is -0.460 e. The van der Waals surface area contributed by atoms with Crippen molar-refractivity contribution in [2.45, 2.75) is 52.2 Å². The van der Waals surface area contributed by atoms with Gasteiger partial charge in [-0.3, -0.25) is 9.59 Å². The Morgan fingerprint density at radius 3 is 2.19 bits per heavy atom. The zero-order chi connectivity index (χ0) is 12.9. The van der Waals surface area contributed by atoms with E-state index in [1.807, 2.05) is 6.92 Å². The molecule has 0 radical (unpaired) electrons. The number of hydrogen-bond donors (Lipinski definition) is 2. The van der Waals surface area contributed by atoms with Crippen molar-refractivity contribution in [2.75, 3.05) is 0 Å². The van der Waals surface area contributed by atoms with E-state index in [1.54, 1.807) is 20.8 Å². The van der Waals surface area contributed by atoms with Crippen LogP contribution >= 0.6 is 0 Å². The van der Waals surface area contributed by atoms with Crippen LogP contribution in [-0.4, -0.2) is 28.7 Å². The molecule has 0 saturated heterocycles. The normalized spacial score (nSPS) is 15.3. The Bertz CT molecular complexity index is 257. The number of carbonyl (C=O) groups excluding carboxylic acids is 2. The zero-order valence-electron chi connectivity index (χ0n) is 10.3. The predicted octanol–water partition coefficient (Wildman–Crippen LogP) is 0.591. The van der Waals surface area contributed by atoms with Gasteiger partial charge in [-0.15, -0.1) is 0 Å². The number of carbonyl (C=O) groups is 2. The summed E-state index contributed by atoms with van der Waals surface area (Å²) in [6.07, 6.45) is -0.442. The third-order valence-corrected chi connectivity index (χ3v) is 1.98. The molecule has 16 heavy (non-hydrogen) atoms. The van der Waals surface area contributed by atoms with E-state index in [9.17, 15) is 14.7 Å². The van der Waals surface area contributed by atoms with Gasteiger partial charge in [-0.1, -0.05) is 13.3 Å². The second-order valence-electron chi connectivity index (χ2n) is 4.78. The number of ether oxygens (including phenoxy) is 1. The number of nitrogens with two attached hydrogens (primary N) is 1. The minimum absolute atomic E-state index is 0.374. The van der Waals surface area contributed by atoms with Crippen LogP contribution in [0.1, 0.15) is 40.5 Å². The summed E-state index contributed by atoms with van der Waals surface area (Å²) in [7, 11) is 0. The summed E-state index contributed by atoms with van der Waals surface area (Å²) in [6.45, 7) is 7.03. The molecule has 94 valence electrons. The summed E-state index contributed by atoms with van der Waals surface area (Å²) in [5.41, 5.74) is 4.33. The Kier molecular flexibility index (Phi) is 5.44. The molecule has 0 heterocycles. The number of amides is 1. The van der Waals surface area contributed by atoms with Crippen LogP contribution < -0.4 is 5.73 Å². The van der Waals surface area contributed by atoms with Gasteiger partial charge in [0.05, 0.1) is 5.92 Å². The average Bonchev–Trinajstić information content (AvgIpc) is 2.09. The van der Waals surface area contributed by atoms with E-state index < -0.39 is 29.5 Å². The number of aliphatic hydroxyl groups is 1. The van der Waals surface area contributed by atoms with Gasteiger partial charge < -0.3 is 15.6 Å². The molecule has 3 N–H and O–H groups in total. The van der Waals surface area contributed by atoms with Gasteiger partial charge in [-0.2, -0.15) is 0 Å². The van der Waals surface area contributed by atoms with E-state index in [-0.39, 0.29) is 0 Å². The number of primary amides is 1. The largest absolute Gasteiger partial charge is 0.460 e. The molecule has 0 rings (SSSR count). The van der Waals surface area contributed by atoms with E-state index in [4.69, 9.17) is 10.5 Å². The maximum absolute atomic E-state index is 11.7. The van der Waals surface area contributed by atoms with E-state index in [0.29, 0.717) is 12.8 Å². The number of hydrogen-bond acceptors (Lipinski definition) is 4. The minimum atomic E-state index is -1.48. The van der Waals surface area contributed by atoms with Crippen LogP contribution in [0.3, 0.4) is 0 Å². The highest BCUT2D eigenvalue weighted by molar-refractivity contribution is 5.86. The van der Waals surface area contributed by atoms with Crippen LogP contribution in [0.25, 0.3) is 0 Å². The Morgan fingerprint density at radius 1 is 1.38 bits per heavy atom. The van der Waals surface area contributed by atoms with Gasteiger partial charge in [-0.05, 0) is 27.2 Å². The highest BCUT2D eigenvalue weighted by Gasteiger charge is 2.33. The van der Waals surface area contributed by atoms with E-state index >= 15 is 0 Å². The molecular weight excluding hydrogens is 210 g/mol. The smallest absolute Gasteiger partial charge is 0.312 e. The van der Waals surface area contributed by atoms with Crippen LogP contribution in [0.4, 0.5) is 0 Å². The summed E-state index contributed by atoms with van der Waals surface area (Å²) < 4.78 is 5.12. The van der Waals surface area contributed by atoms with E-state index in [2.05, 4.69) is 0 Å². The molecule has 0 aliphatic heterocycles. The lowest BCUT2D eigenvalue weighted by Gasteiger charge is -2.25. The maximum Gasteiger partial charge on any atom is 0.312 e. The predicted molar refractivity (Wildman–Crippen MR) is 59.4 cm³/mol. The molecule has 1 amide bonds. The fourth-order valence-electron chi connectivity index (χ4n) is 1.29. The molecule has 0 aliphatic rings. The first-order valence-corrected chi connectivity index (χ1v) is 5.39. The third-order valence-electron chi connectivity index (χ3n) is 1.98. The molecule has 2 unspecified atom stereocenters. The van der Waals surface area contributed by atoms with Crippen molar-refractivity contribution in [1.29, 1.82) is 0 Å². The van der Waals surface area contributed by atoms with Crippen LogP contribution in [0.2, 0.25) is 0 Å². The Labute approximate surface area is 96.0 Å². The lowest BCUT2D eigenvalue weighted by Crippen LogP contribution is -2.41. The van der Waals surface area contributed by atoms with Gasteiger partial charge in [0.15, 0.2) is 0 Å². The number of esters is 1. The van der Waals surface area contributed by atoms with Gasteiger partial charge >= 0.3 is 5.97 Å². The molecule has 0 fully saturated rings. The third kappa shape index (κ3) is 5.11. The molecule has 0 aliphatic carbocycles. The SMILES string of the molecule is CCCC(C(=O)OC(C)(C)C)C(O)C(N)=O. The van der Waals surface area contributed by atoms with Crippen molar-refractivity contribution in [1.82, 2.24) is 0 Å². The summed E-state index contributed by atoms with van der Waals surface area (Å²) in [5, 5.41) is 9.51. The number of aliphatic hydroxyl groups excluding tert-OH is 1. The summed E-state index contributed by atoms with van der Waals surface area (Å²) >= 11 is 0. The molecule has 0 aromatic heterocycles. The van der Waals surface area contributed by atoms with Crippen LogP contribution in [0.15, 0.2) is 0 Å². The quantitative estimate of drug-likeness (QED) is 0.678. The van der Waals surface area contributed by atoms with Crippen molar-refractivity contribution >= 4 is 11.9 Å². The van der Waals surface area contributed by atoms with E-state index in [0.717, 1.165) is 0 Å². The van der Waals surface area contributed by atoms with Crippen molar-refractivity contribution in [3.05, 3.63) is 0 Å². The molecule has 0 bridgehead atoms. The van der Waals surface area contributed by atoms with Gasteiger partial charge in [0.25, 0.3) is 0 Å². The van der Waals surface area contributed by atoms with Crippen LogP contribution in [-0.2, 0) is 14.3 Å². The lowest BCUT2D eigenvalue weighted by atomic mass is 9.96. The first-order valence-electron chi connectivity index (χ1n) is 5.39. The molecule has 5 heteroatoms. The first-order chi connectivity index (χ1) is 7.19. The zero-order valence-corrected chi connectivity index (χ0v) is 10.3. The van der Waals surface area contributed by atoms with Crippen molar-refractivity contribution in [2.24, 2.45) is 11.7 Å². The molecule has 0 aromatic rings. The monoisotopic (exact) mass is 231 g/mol. The fourth-order valence-corrected chi connectivity index (χ4v) is 1.29. The van der Waals surface area contributed by atoms with Gasteiger partial charge in [-0.25, -0.2) is 0 Å². The Hall–Kier alpha value is -1.10. The van der Waals surface area contributed by atoms with E-state index in [1.165, 1.54) is 0 Å². The summed E-state index contributed by atoms with van der Waals surface area (Å²) in [6, 6.07) is 0. The summed E-state index contributed by atoms with van der Waals surface area (Å²) in [4.78, 5) is 22.6. The van der Waals surface area contributed by atoms with Crippen molar-refractivity contribution in [3.63, 3.8) is 0 Å². The standard InChI is InChI=1S/C11H21NO4/c1-5-6-7(8(13)9(12)14)10(15)16-11(2,3)4/h7-8,13H,5-6H2,1-4H3,(H2,12,14). The molecule has 2 atom stereocenters. The Balaban J connectivity index is 4.65. The highest BCUT2D eigenvalue weighted by atomic mass is 16.6. The number of rotatable bonds is 5. The lowest BCUT2D eigenvalue weighted by molar-refractivity contribution is -0.166. The van der Waals surface area contributed by atoms with Gasteiger partial charge in [0, 0.05) is 0 Å². The van der Waals surface area contributed by atoms with Crippen molar-refractivity contribution in [3.8, 4) is 0 Å². The van der Waals surface area contributed by atoms with Crippen LogP contribution in [0, 0.1) is 5.92 Å². The van der Waals surface area contributed by atoms with Gasteiger partial charge in [0.2, 0.25) is 5.91 Å². The summed E-state index contributed by atoms with van der Waals surface area (Å²) in [5.74, 6) is -2.35.